The highest BCUT2D eigenvalue weighted by Crippen LogP contribution is 2.35. The molecule has 0 radical (unpaired) electrons. The molecule has 0 N–H and O–H groups in total. The molecule has 0 aromatic heterocycles. The first kappa shape index (κ1) is 9.78. The van der Waals surface area contributed by atoms with Crippen molar-refractivity contribution in [1.29, 1.82) is 0 Å². The van der Waals surface area contributed by atoms with E-state index in [9.17, 15) is 0 Å². The van der Waals surface area contributed by atoms with Gasteiger partial charge in [-0.2, -0.15) is 0 Å². The van der Waals surface area contributed by atoms with Crippen LogP contribution in [0.5, 0.6) is 0 Å². The summed E-state index contributed by atoms with van der Waals surface area (Å²) in [5.41, 5.74) is 0. The second kappa shape index (κ2) is 4.66. The van der Waals surface area contributed by atoms with E-state index < -0.39 is 8.07 Å². The van der Waals surface area contributed by atoms with E-state index in [1.54, 1.807) is 0 Å². The van der Waals surface area contributed by atoms with Gasteiger partial charge in [0.1, 0.15) is 0 Å². The molecule has 0 aromatic carbocycles. The Morgan fingerprint density at radius 1 is 0.917 bits per heavy atom. The Labute approximate surface area is 77.4 Å². The lowest BCUT2D eigenvalue weighted by Crippen LogP contribution is -2.34. The van der Waals surface area contributed by atoms with Crippen molar-refractivity contribution >= 4 is 8.07 Å². The predicted molar refractivity (Wildman–Crippen MR) is 59.2 cm³/mol. The third kappa shape index (κ3) is 2.34. The molecule has 0 bridgehead atoms. The topological polar surface area (TPSA) is 0 Å². The van der Waals surface area contributed by atoms with Crippen molar-refractivity contribution in [2.75, 3.05) is 0 Å². The Balaban J connectivity index is 2.55. The highest BCUT2D eigenvalue weighted by Gasteiger charge is 2.31. The number of rotatable bonds is 4. The maximum Gasteiger partial charge on any atom is 0.0610 e. The summed E-state index contributed by atoms with van der Waals surface area (Å²) in [5, 5.41) is 0. The summed E-state index contributed by atoms with van der Waals surface area (Å²) < 4.78 is 0. The predicted octanol–water partition coefficient (Wildman–Crippen LogP) is 3.99. The summed E-state index contributed by atoms with van der Waals surface area (Å²) in [5.74, 6) is 0. The van der Waals surface area contributed by atoms with Crippen LogP contribution in [-0.4, -0.2) is 8.07 Å². The number of hydrogen-bond acceptors (Lipinski definition) is 0. The molecule has 0 spiro atoms. The fourth-order valence-electron chi connectivity index (χ4n) is 2.41. The molecule has 1 heterocycles. The molecule has 1 saturated heterocycles. The van der Waals surface area contributed by atoms with Gasteiger partial charge in [-0.3, -0.25) is 0 Å². The Bertz CT molecular complexity index is 142. The van der Waals surface area contributed by atoms with Gasteiger partial charge in [0.05, 0.1) is 8.07 Å². The summed E-state index contributed by atoms with van der Waals surface area (Å²) in [7, 11) is -0.919. The molecular weight excluding hydrogens is 160 g/mol. The molecule has 1 aliphatic heterocycles. The molecule has 0 aliphatic carbocycles. The Hall–Kier alpha value is -0.303. The fourth-order valence-corrected chi connectivity index (χ4v) is 6.86. The van der Waals surface area contributed by atoms with Crippen molar-refractivity contribution in [3.63, 3.8) is 0 Å². The van der Waals surface area contributed by atoms with Crippen LogP contribution in [0.15, 0.2) is 25.3 Å². The van der Waals surface area contributed by atoms with Crippen molar-refractivity contribution in [2.24, 2.45) is 0 Å². The number of hydrogen-bond donors (Lipinski definition) is 0. The monoisotopic (exact) mass is 180 g/mol. The van der Waals surface area contributed by atoms with E-state index in [1.165, 1.54) is 43.4 Å². The largest absolute Gasteiger partial charge is 0.103 e. The molecule has 1 heteroatoms. The van der Waals surface area contributed by atoms with E-state index in [-0.39, 0.29) is 0 Å². The summed E-state index contributed by atoms with van der Waals surface area (Å²) in [6, 6.07) is 5.67. The van der Waals surface area contributed by atoms with Gasteiger partial charge in [-0.05, 0) is 12.1 Å². The molecule has 0 aromatic rings. The van der Waals surface area contributed by atoms with Gasteiger partial charge < -0.3 is 0 Å². The summed E-state index contributed by atoms with van der Waals surface area (Å²) in [6.45, 7) is 7.76. The van der Waals surface area contributed by atoms with Gasteiger partial charge >= 0.3 is 0 Å². The van der Waals surface area contributed by atoms with E-state index in [0.29, 0.717) is 0 Å². The van der Waals surface area contributed by atoms with Crippen LogP contribution in [0.3, 0.4) is 0 Å². The lowest BCUT2D eigenvalue weighted by Gasteiger charge is -2.33. The van der Waals surface area contributed by atoms with Crippen LogP contribution in [0.1, 0.15) is 19.3 Å². The fraction of sp³-hybridized carbons (Fsp3) is 0.636. The molecule has 1 fully saturated rings. The highest BCUT2D eigenvalue weighted by atomic mass is 28.3. The van der Waals surface area contributed by atoms with Gasteiger partial charge in [0.2, 0.25) is 0 Å². The average molecular weight is 180 g/mol. The van der Waals surface area contributed by atoms with Crippen LogP contribution >= 0.6 is 0 Å². The molecule has 0 saturated carbocycles. The van der Waals surface area contributed by atoms with Gasteiger partial charge in [0, 0.05) is 0 Å². The summed E-state index contributed by atoms with van der Waals surface area (Å²) in [6.07, 6.45) is 8.67. The Morgan fingerprint density at radius 3 is 1.83 bits per heavy atom. The van der Waals surface area contributed by atoms with Crippen LogP contribution in [0, 0.1) is 0 Å². The van der Waals surface area contributed by atoms with Crippen molar-refractivity contribution in [1.82, 2.24) is 0 Å². The second-order valence-corrected chi connectivity index (χ2v) is 8.86. The minimum atomic E-state index is -0.919. The SMILES string of the molecule is C=CC[Si]1(CC=C)CCCCC1. The maximum absolute atomic E-state index is 3.88. The van der Waals surface area contributed by atoms with E-state index in [4.69, 9.17) is 0 Å². The third-order valence-corrected chi connectivity index (χ3v) is 8.21. The van der Waals surface area contributed by atoms with Crippen molar-refractivity contribution in [3.05, 3.63) is 25.3 Å². The van der Waals surface area contributed by atoms with Crippen LogP contribution < -0.4 is 0 Å². The summed E-state index contributed by atoms with van der Waals surface area (Å²) in [4.78, 5) is 0. The van der Waals surface area contributed by atoms with Gasteiger partial charge in [-0.15, -0.1) is 13.2 Å². The first-order valence-corrected chi connectivity index (χ1v) is 7.88. The first-order valence-electron chi connectivity index (χ1n) is 5.05. The Morgan fingerprint density at radius 2 is 1.42 bits per heavy atom. The lowest BCUT2D eigenvalue weighted by molar-refractivity contribution is 0.707. The molecule has 0 amide bonds. The third-order valence-electron chi connectivity index (χ3n) is 3.07. The summed E-state index contributed by atoms with van der Waals surface area (Å²) >= 11 is 0. The molecule has 0 unspecified atom stereocenters. The Kier molecular flexibility index (Phi) is 3.80. The molecule has 0 nitrogen and oxygen atoms in total. The zero-order valence-electron chi connectivity index (χ0n) is 8.02. The van der Waals surface area contributed by atoms with Crippen molar-refractivity contribution in [2.45, 2.75) is 43.4 Å². The molecular formula is C11H20Si. The average Bonchev–Trinajstić information content (AvgIpc) is 2.07. The smallest absolute Gasteiger partial charge is 0.0610 e. The van der Waals surface area contributed by atoms with Gasteiger partial charge in [-0.1, -0.05) is 43.5 Å². The van der Waals surface area contributed by atoms with E-state index in [1.807, 2.05) is 0 Å². The van der Waals surface area contributed by atoms with Crippen LogP contribution in [-0.2, 0) is 0 Å². The maximum atomic E-state index is 3.88. The lowest BCUT2D eigenvalue weighted by atomic mass is 10.3. The van der Waals surface area contributed by atoms with Crippen LogP contribution in [0.2, 0.25) is 24.2 Å². The van der Waals surface area contributed by atoms with Crippen molar-refractivity contribution in [3.8, 4) is 0 Å². The van der Waals surface area contributed by atoms with E-state index >= 15 is 0 Å². The molecule has 1 aliphatic rings. The minimum absolute atomic E-state index is 0.919. The zero-order chi connectivity index (χ0) is 8.86. The standard InChI is InChI=1S/C11H20Si/c1-3-8-12(9-4-2)10-6-5-7-11-12/h3-4H,1-2,5-11H2. The minimum Gasteiger partial charge on any atom is -0.103 e. The van der Waals surface area contributed by atoms with Gasteiger partial charge in [-0.25, -0.2) is 0 Å². The highest BCUT2D eigenvalue weighted by molar-refractivity contribution is 6.80. The first-order chi connectivity index (χ1) is 5.83. The quantitative estimate of drug-likeness (QED) is 0.453. The zero-order valence-corrected chi connectivity index (χ0v) is 9.02. The molecule has 68 valence electrons. The van der Waals surface area contributed by atoms with Gasteiger partial charge in [0.25, 0.3) is 0 Å². The normalized spacial score (nSPS) is 21.7. The van der Waals surface area contributed by atoms with Crippen LogP contribution in [0.4, 0.5) is 0 Å². The van der Waals surface area contributed by atoms with Crippen molar-refractivity contribution < 1.29 is 0 Å². The van der Waals surface area contributed by atoms with E-state index in [2.05, 4.69) is 25.3 Å². The van der Waals surface area contributed by atoms with Gasteiger partial charge in [0.15, 0.2) is 0 Å². The van der Waals surface area contributed by atoms with E-state index in [0.717, 1.165) is 0 Å². The molecule has 0 atom stereocenters. The van der Waals surface area contributed by atoms with Crippen LogP contribution in [0.25, 0.3) is 0 Å². The number of allylic oxidation sites excluding steroid dienone is 2. The molecule has 1 rings (SSSR count). The molecule has 12 heavy (non-hydrogen) atoms. The second-order valence-electron chi connectivity index (χ2n) is 4.05.